The molecule has 3 unspecified atom stereocenters. The summed E-state index contributed by atoms with van der Waals surface area (Å²) in [4.78, 5) is 15.2. The minimum atomic E-state index is -3.75. The molecule has 1 amide bonds. The first kappa shape index (κ1) is 17.6. The van der Waals surface area contributed by atoms with E-state index in [9.17, 15) is 23.8 Å². The highest BCUT2D eigenvalue weighted by Crippen LogP contribution is 2.29. The number of amides is 1. The quantitative estimate of drug-likeness (QED) is 0.800. The number of carbonyl (C=O) groups is 1. The molecule has 7 heteroatoms. The van der Waals surface area contributed by atoms with Gasteiger partial charge in [0.15, 0.2) is 0 Å². The molecule has 1 aliphatic heterocycles. The first-order valence-corrected chi connectivity index (χ1v) is 8.02. The largest absolute Gasteiger partial charge is 0.391 e. The van der Waals surface area contributed by atoms with Gasteiger partial charge in [-0.05, 0) is 25.2 Å². The zero-order valence-corrected chi connectivity index (χ0v) is 13.2. The van der Waals surface area contributed by atoms with E-state index in [1.165, 1.54) is 13.8 Å². The van der Waals surface area contributed by atoms with Gasteiger partial charge >= 0.3 is 5.92 Å². The smallest absolute Gasteiger partial charge is 0.350 e. The number of aliphatic hydroxyl groups is 2. The molecule has 1 aliphatic carbocycles. The Morgan fingerprint density at radius 3 is 2.23 bits per heavy atom. The van der Waals surface area contributed by atoms with E-state index in [1.54, 1.807) is 0 Å². The molecule has 22 heavy (non-hydrogen) atoms. The molecule has 0 aromatic carbocycles. The van der Waals surface area contributed by atoms with Crippen molar-refractivity contribution in [2.24, 2.45) is 5.92 Å². The lowest BCUT2D eigenvalue weighted by Gasteiger charge is -2.40. The van der Waals surface area contributed by atoms with E-state index in [2.05, 4.69) is 4.90 Å². The minimum Gasteiger partial charge on any atom is -0.391 e. The lowest BCUT2D eigenvalue weighted by Crippen LogP contribution is -2.59. The second kappa shape index (κ2) is 6.76. The number of carbonyl (C=O) groups excluding carboxylic acids is 1. The van der Waals surface area contributed by atoms with Crippen LogP contribution in [0.5, 0.6) is 0 Å². The van der Waals surface area contributed by atoms with E-state index in [0.29, 0.717) is 13.1 Å². The summed E-state index contributed by atoms with van der Waals surface area (Å²) in [6.07, 6.45) is 0.352. The van der Waals surface area contributed by atoms with E-state index < -0.39 is 23.9 Å². The second-order valence-electron chi connectivity index (χ2n) is 6.71. The van der Waals surface area contributed by atoms with E-state index >= 15 is 0 Å². The van der Waals surface area contributed by atoms with Gasteiger partial charge in [-0.2, -0.15) is 8.78 Å². The Labute approximate surface area is 129 Å². The molecule has 2 rings (SSSR count). The molecule has 1 heterocycles. The summed E-state index contributed by atoms with van der Waals surface area (Å²) in [6.45, 7) is 4.32. The molecule has 128 valence electrons. The standard InChI is InChI=1S/C15H26F2N2O3/c1-10(2)13(21)15(16,17)14(22)19-8-6-18(7-9-19)11-4-3-5-12(11)20/h10-13,20-21H,3-9H2,1-2H3. The number of piperazine rings is 1. The molecule has 0 bridgehead atoms. The fourth-order valence-corrected chi connectivity index (χ4v) is 3.36. The van der Waals surface area contributed by atoms with Crippen LogP contribution in [0.2, 0.25) is 0 Å². The lowest BCUT2D eigenvalue weighted by molar-refractivity contribution is -0.181. The van der Waals surface area contributed by atoms with Crippen molar-refractivity contribution in [3.8, 4) is 0 Å². The van der Waals surface area contributed by atoms with Gasteiger partial charge in [-0.25, -0.2) is 0 Å². The molecule has 0 spiro atoms. The number of alkyl halides is 2. The van der Waals surface area contributed by atoms with Gasteiger partial charge in [0.05, 0.1) is 6.10 Å². The molecule has 5 nitrogen and oxygen atoms in total. The Bertz CT molecular complexity index is 398. The average molecular weight is 320 g/mol. The second-order valence-corrected chi connectivity index (χ2v) is 6.71. The fourth-order valence-electron chi connectivity index (χ4n) is 3.36. The zero-order valence-electron chi connectivity index (χ0n) is 13.2. The van der Waals surface area contributed by atoms with Gasteiger partial charge in [-0.1, -0.05) is 13.8 Å². The van der Waals surface area contributed by atoms with Gasteiger partial charge in [0.25, 0.3) is 5.91 Å². The summed E-state index contributed by atoms with van der Waals surface area (Å²) in [7, 11) is 0. The van der Waals surface area contributed by atoms with Crippen LogP contribution in [0.4, 0.5) is 8.78 Å². The third kappa shape index (κ3) is 3.41. The highest BCUT2D eigenvalue weighted by Gasteiger charge is 2.50. The van der Waals surface area contributed by atoms with Crippen LogP contribution in [-0.2, 0) is 4.79 Å². The Morgan fingerprint density at radius 1 is 1.18 bits per heavy atom. The molecule has 0 radical (unpaired) electrons. The summed E-state index contributed by atoms with van der Waals surface area (Å²) >= 11 is 0. The Kier molecular flexibility index (Phi) is 5.40. The third-order valence-corrected chi connectivity index (χ3v) is 4.80. The van der Waals surface area contributed by atoms with Crippen molar-refractivity contribution in [3.63, 3.8) is 0 Å². The highest BCUT2D eigenvalue weighted by molar-refractivity contribution is 5.84. The van der Waals surface area contributed by atoms with Crippen LogP contribution in [0.15, 0.2) is 0 Å². The fraction of sp³-hybridized carbons (Fsp3) is 0.933. The zero-order chi connectivity index (χ0) is 16.5. The van der Waals surface area contributed by atoms with Gasteiger partial charge < -0.3 is 15.1 Å². The highest BCUT2D eigenvalue weighted by atomic mass is 19.3. The molecule has 2 N–H and O–H groups in total. The average Bonchev–Trinajstić information content (AvgIpc) is 2.91. The van der Waals surface area contributed by atoms with Gasteiger partial charge in [0.1, 0.15) is 6.10 Å². The molecule has 1 saturated carbocycles. The molecule has 2 aliphatic rings. The van der Waals surface area contributed by atoms with Crippen molar-refractivity contribution >= 4 is 5.91 Å². The molecule has 1 saturated heterocycles. The van der Waals surface area contributed by atoms with E-state index in [4.69, 9.17) is 0 Å². The number of rotatable bonds is 4. The molecular weight excluding hydrogens is 294 g/mol. The van der Waals surface area contributed by atoms with Crippen molar-refractivity contribution in [1.82, 2.24) is 9.80 Å². The van der Waals surface area contributed by atoms with Crippen LogP contribution in [0.3, 0.4) is 0 Å². The number of nitrogens with zero attached hydrogens (tertiary/aromatic N) is 2. The summed E-state index contributed by atoms with van der Waals surface area (Å²) < 4.78 is 28.0. The van der Waals surface area contributed by atoms with Crippen molar-refractivity contribution in [2.75, 3.05) is 26.2 Å². The molecule has 0 aromatic rings. The number of aliphatic hydroxyl groups excluding tert-OH is 2. The normalized spacial score (nSPS) is 29.1. The van der Waals surface area contributed by atoms with Gasteiger partial charge in [-0.15, -0.1) is 0 Å². The monoisotopic (exact) mass is 320 g/mol. The molecule has 0 aromatic heterocycles. The van der Waals surface area contributed by atoms with Crippen LogP contribution in [0.25, 0.3) is 0 Å². The van der Waals surface area contributed by atoms with E-state index in [0.717, 1.165) is 24.2 Å². The molecular formula is C15H26F2N2O3. The van der Waals surface area contributed by atoms with Crippen LogP contribution in [0.1, 0.15) is 33.1 Å². The Balaban J connectivity index is 1.92. The van der Waals surface area contributed by atoms with E-state index in [-0.39, 0.29) is 25.2 Å². The maximum Gasteiger partial charge on any atom is 0.350 e. The number of hydrogen-bond donors (Lipinski definition) is 2. The van der Waals surface area contributed by atoms with Gasteiger partial charge in [0.2, 0.25) is 0 Å². The van der Waals surface area contributed by atoms with Crippen LogP contribution >= 0.6 is 0 Å². The molecule has 2 fully saturated rings. The number of hydrogen-bond acceptors (Lipinski definition) is 4. The SMILES string of the molecule is CC(C)C(O)C(F)(F)C(=O)N1CCN(C2CCCC2O)CC1. The van der Waals surface area contributed by atoms with Crippen LogP contribution < -0.4 is 0 Å². The summed E-state index contributed by atoms with van der Waals surface area (Å²) in [6, 6.07) is 0.0824. The van der Waals surface area contributed by atoms with E-state index in [1.807, 2.05) is 0 Å². The first-order valence-electron chi connectivity index (χ1n) is 8.02. The molecule has 3 atom stereocenters. The van der Waals surface area contributed by atoms with Gasteiger partial charge in [-0.3, -0.25) is 9.69 Å². The number of halogens is 2. The Hall–Kier alpha value is -0.790. The predicted octanol–water partition coefficient (Wildman–Crippen LogP) is 0.696. The van der Waals surface area contributed by atoms with Crippen LogP contribution in [0, 0.1) is 5.92 Å². The summed E-state index contributed by atoms with van der Waals surface area (Å²) in [5, 5.41) is 19.5. The van der Waals surface area contributed by atoms with Crippen molar-refractivity contribution in [3.05, 3.63) is 0 Å². The maximum atomic E-state index is 14.0. The predicted molar refractivity (Wildman–Crippen MR) is 77.6 cm³/mol. The lowest BCUT2D eigenvalue weighted by atomic mass is 9.99. The van der Waals surface area contributed by atoms with Crippen molar-refractivity contribution in [1.29, 1.82) is 0 Å². The third-order valence-electron chi connectivity index (χ3n) is 4.80. The van der Waals surface area contributed by atoms with Crippen molar-refractivity contribution in [2.45, 2.75) is 57.3 Å². The van der Waals surface area contributed by atoms with Gasteiger partial charge in [0, 0.05) is 32.2 Å². The van der Waals surface area contributed by atoms with Crippen LogP contribution in [-0.4, -0.2) is 76.3 Å². The Morgan fingerprint density at radius 2 is 1.77 bits per heavy atom. The summed E-state index contributed by atoms with van der Waals surface area (Å²) in [5.74, 6) is -5.72. The van der Waals surface area contributed by atoms with Crippen molar-refractivity contribution < 1.29 is 23.8 Å². The maximum absolute atomic E-state index is 14.0. The first-order chi connectivity index (χ1) is 10.2. The minimum absolute atomic E-state index is 0.0824. The summed E-state index contributed by atoms with van der Waals surface area (Å²) in [5.41, 5.74) is 0. The topological polar surface area (TPSA) is 64.0 Å².